The van der Waals surface area contributed by atoms with Gasteiger partial charge in [0.1, 0.15) is 0 Å². The van der Waals surface area contributed by atoms with Crippen LogP contribution in [0.5, 0.6) is 0 Å². The zero-order chi connectivity index (χ0) is 23.5. The monoisotopic (exact) mass is 491 g/mol. The average Bonchev–Trinajstić information content (AvgIpc) is 3.15. The summed E-state index contributed by atoms with van der Waals surface area (Å²) in [4.78, 5) is 28.9. The fourth-order valence-corrected chi connectivity index (χ4v) is 4.41. The minimum absolute atomic E-state index is 0.00690. The van der Waals surface area contributed by atoms with Crippen molar-refractivity contribution in [1.82, 2.24) is 4.98 Å². The van der Waals surface area contributed by atoms with Crippen molar-refractivity contribution in [2.24, 2.45) is 5.92 Å². The fourth-order valence-electron chi connectivity index (χ4n) is 2.84. The summed E-state index contributed by atoms with van der Waals surface area (Å²) in [7, 11) is -3.48. The number of hydrogen-bond acceptors (Lipinski definition) is 6. The molecule has 0 saturated heterocycles. The van der Waals surface area contributed by atoms with E-state index in [1.165, 1.54) is 29.5 Å². The van der Waals surface area contributed by atoms with E-state index in [9.17, 15) is 18.0 Å². The van der Waals surface area contributed by atoms with E-state index in [2.05, 4.69) is 15.6 Å². The number of halogens is 1. The second kappa shape index (κ2) is 9.81. The van der Waals surface area contributed by atoms with Crippen molar-refractivity contribution in [3.63, 3.8) is 0 Å². The van der Waals surface area contributed by atoms with E-state index in [-0.39, 0.29) is 27.3 Å². The van der Waals surface area contributed by atoms with Crippen molar-refractivity contribution in [2.75, 3.05) is 16.9 Å². The lowest BCUT2D eigenvalue weighted by Crippen LogP contribution is -2.13. The molecule has 0 atom stereocenters. The van der Waals surface area contributed by atoms with Gasteiger partial charge in [-0.05, 0) is 36.2 Å². The van der Waals surface area contributed by atoms with Crippen LogP contribution < -0.4 is 10.6 Å². The molecular formula is C22H22ClN3O4S2. The summed E-state index contributed by atoms with van der Waals surface area (Å²) in [5.74, 6) is -0.309. The maximum Gasteiger partial charge on any atom is 0.259 e. The van der Waals surface area contributed by atoms with E-state index in [1.807, 2.05) is 26.0 Å². The molecule has 0 fully saturated rings. The largest absolute Gasteiger partial charge is 0.326 e. The standard InChI is InChI=1S/C22H22ClN3O4S2/c1-13(2)10-20(27)24-15-6-4-14(5-7-15)19-12-31-22(25-19)26-21(28)17-11-16(32(3,29)30)8-9-18(17)23/h4-9,11-13H,10H2,1-3H3,(H,24,27)(H,25,26,28). The third-order valence-electron chi connectivity index (χ3n) is 4.39. The van der Waals surface area contributed by atoms with E-state index < -0.39 is 15.7 Å². The molecule has 1 heterocycles. The number of rotatable bonds is 7. The molecule has 0 aliphatic heterocycles. The molecule has 0 spiro atoms. The number of amides is 2. The summed E-state index contributed by atoms with van der Waals surface area (Å²) >= 11 is 7.31. The maximum atomic E-state index is 12.6. The van der Waals surface area contributed by atoms with Gasteiger partial charge >= 0.3 is 0 Å². The second-order valence-corrected chi connectivity index (χ2v) is 10.9. The molecule has 0 radical (unpaired) electrons. The number of anilines is 2. The van der Waals surface area contributed by atoms with E-state index in [4.69, 9.17) is 11.6 Å². The van der Waals surface area contributed by atoms with Crippen molar-refractivity contribution in [3.8, 4) is 11.3 Å². The van der Waals surface area contributed by atoms with Gasteiger partial charge in [-0.1, -0.05) is 37.6 Å². The van der Waals surface area contributed by atoms with Gasteiger partial charge in [-0.25, -0.2) is 13.4 Å². The van der Waals surface area contributed by atoms with Crippen LogP contribution in [0.4, 0.5) is 10.8 Å². The molecule has 2 aromatic carbocycles. The van der Waals surface area contributed by atoms with Crippen molar-refractivity contribution < 1.29 is 18.0 Å². The van der Waals surface area contributed by atoms with E-state index in [0.717, 1.165) is 11.8 Å². The Morgan fingerprint density at radius 1 is 1.09 bits per heavy atom. The molecule has 10 heteroatoms. The van der Waals surface area contributed by atoms with Gasteiger partial charge in [0.25, 0.3) is 5.91 Å². The summed E-state index contributed by atoms with van der Waals surface area (Å²) < 4.78 is 23.5. The zero-order valence-corrected chi connectivity index (χ0v) is 20.1. The minimum Gasteiger partial charge on any atom is -0.326 e. The first-order valence-corrected chi connectivity index (χ1v) is 12.8. The lowest BCUT2D eigenvalue weighted by Gasteiger charge is -2.07. The van der Waals surface area contributed by atoms with Crippen LogP contribution in [0.25, 0.3) is 11.3 Å². The SMILES string of the molecule is CC(C)CC(=O)Nc1ccc(-c2csc(NC(=O)c3cc(S(C)(=O)=O)ccc3Cl)n2)cc1. The quantitative estimate of drug-likeness (QED) is 0.478. The topological polar surface area (TPSA) is 105 Å². The molecule has 2 amide bonds. The Morgan fingerprint density at radius 3 is 2.41 bits per heavy atom. The summed E-state index contributed by atoms with van der Waals surface area (Å²) in [6, 6.07) is 11.2. The molecule has 0 aliphatic carbocycles. The first-order valence-electron chi connectivity index (χ1n) is 9.69. The van der Waals surface area contributed by atoms with Crippen LogP contribution in [0, 0.1) is 5.92 Å². The maximum absolute atomic E-state index is 12.6. The number of carbonyl (C=O) groups is 2. The normalized spacial score (nSPS) is 11.4. The van der Waals surface area contributed by atoms with Gasteiger partial charge < -0.3 is 5.32 Å². The lowest BCUT2D eigenvalue weighted by molar-refractivity contribution is -0.116. The second-order valence-electron chi connectivity index (χ2n) is 7.63. The van der Waals surface area contributed by atoms with Crippen LogP contribution in [-0.4, -0.2) is 31.5 Å². The Balaban J connectivity index is 1.71. The Morgan fingerprint density at radius 2 is 1.78 bits per heavy atom. The Bertz CT molecular complexity index is 1250. The number of hydrogen-bond donors (Lipinski definition) is 2. The fraction of sp³-hybridized carbons (Fsp3) is 0.227. The van der Waals surface area contributed by atoms with Gasteiger partial charge in [-0.15, -0.1) is 11.3 Å². The van der Waals surface area contributed by atoms with Crippen LogP contribution in [0.1, 0.15) is 30.6 Å². The summed E-state index contributed by atoms with van der Waals surface area (Å²) in [6.45, 7) is 3.97. The highest BCUT2D eigenvalue weighted by atomic mass is 35.5. The van der Waals surface area contributed by atoms with Gasteiger partial charge in [-0.3, -0.25) is 14.9 Å². The Kier molecular flexibility index (Phi) is 7.33. The summed E-state index contributed by atoms with van der Waals surface area (Å²) in [5.41, 5.74) is 2.22. The highest BCUT2D eigenvalue weighted by Gasteiger charge is 2.17. The van der Waals surface area contributed by atoms with Crippen molar-refractivity contribution in [2.45, 2.75) is 25.2 Å². The van der Waals surface area contributed by atoms with Crippen LogP contribution in [-0.2, 0) is 14.6 Å². The van der Waals surface area contributed by atoms with E-state index >= 15 is 0 Å². The molecule has 0 saturated carbocycles. The van der Waals surface area contributed by atoms with Gasteiger partial charge in [-0.2, -0.15) is 0 Å². The first-order chi connectivity index (χ1) is 15.0. The molecule has 0 bridgehead atoms. The molecule has 0 aliphatic rings. The van der Waals surface area contributed by atoms with Crippen LogP contribution in [0.3, 0.4) is 0 Å². The summed E-state index contributed by atoms with van der Waals surface area (Å²) in [6.07, 6.45) is 1.51. The summed E-state index contributed by atoms with van der Waals surface area (Å²) in [5, 5.41) is 7.78. The predicted octanol–water partition coefficient (Wildman–Crippen LogP) is 5.10. The average molecular weight is 492 g/mol. The van der Waals surface area contributed by atoms with Crippen molar-refractivity contribution in [1.29, 1.82) is 0 Å². The van der Waals surface area contributed by atoms with Crippen molar-refractivity contribution >= 4 is 55.4 Å². The smallest absolute Gasteiger partial charge is 0.259 e. The molecular weight excluding hydrogens is 470 g/mol. The number of benzene rings is 2. The van der Waals surface area contributed by atoms with Crippen LogP contribution in [0.15, 0.2) is 52.7 Å². The highest BCUT2D eigenvalue weighted by Crippen LogP contribution is 2.27. The third-order valence-corrected chi connectivity index (χ3v) is 6.59. The number of sulfone groups is 1. The van der Waals surface area contributed by atoms with Crippen LogP contribution >= 0.6 is 22.9 Å². The van der Waals surface area contributed by atoms with Crippen LogP contribution in [0.2, 0.25) is 5.02 Å². The van der Waals surface area contributed by atoms with E-state index in [0.29, 0.717) is 22.9 Å². The third kappa shape index (κ3) is 6.15. The number of aromatic nitrogens is 1. The highest BCUT2D eigenvalue weighted by molar-refractivity contribution is 7.90. The molecule has 3 rings (SSSR count). The van der Waals surface area contributed by atoms with Crippen molar-refractivity contribution in [3.05, 3.63) is 58.4 Å². The Labute approximate surface area is 195 Å². The first kappa shape index (κ1) is 23.9. The predicted molar refractivity (Wildman–Crippen MR) is 128 cm³/mol. The van der Waals surface area contributed by atoms with Gasteiger partial charge in [0.05, 0.1) is 21.2 Å². The zero-order valence-electron chi connectivity index (χ0n) is 17.7. The van der Waals surface area contributed by atoms with Gasteiger partial charge in [0.15, 0.2) is 15.0 Å². The molecule has 7 nitrogen and oxygen atoms in total. The van der Waals surface area contributed by atoms with Gasteiger partial charge in [0.2, 0.25) is 5.91 Å². The number of nitrogens with zero attached hydrogens (tertiary/aromatic N) is 1. The number of nitrogens with one attached hydrogen (secondary N) is 2. The van der Waals surface area contributed by atoms with Gasteiger partial charge in [0, 0.05) is 29.3 Å². The Hall–Kier alpha value is -2.75. The molecule has 168 valence electrons. The number of thiazole rings is 1. The minimum atomic E-state index is -3.48. The number of carbonyl (C=O) groups excluding carboxylic acids is 2. The molecule has 1 aromatic heterocycles. The molecule has 2 N–H and O–H groups in total. The lowest BCUT2D eigenvalue weighted by atomic mass is 10.1. The molecule has 3 aromatic rings. The molecule has 32 heavy (non-hydrogen) atoms. The van der Waals surface area contributed by atoms with E-state index in [1.54, 1.807) is 17.5 Å². The molecule has 0 unspecified atom stereocenters.